The van der Waals surface area contributed by atoms with Crippen LogP contribution in [-0.4, -0.2) is 165 Å². The van der Waals surface area contributed by atoms with Gasteiger partial charge in [-0.15, -0.1) is 0 Å². The minimum absolute atomic E-state index is 0. The molecule has 1 unspecified atom stereocenters. The van der Waals surface area contributed by atoms with Crippen LogP contribution >= 0.6 is 0 Å². The lowest BCUT2D eigenvalue weighted by Gasteiger charge is -2.33. The van der Waals surface area contributed by atoms with Crippen molar-refractivity contribution in [3.05, 3.63) is 0 Å². The van der Waals surface area contributed by atoms with Crippen molar-refractivity contribution in [3.63, 3.8) is 0 Å². The van der Waals surface area contributed by atoms with E-state index in [1.165, 1.54) is 13.8 Å². The zero-order valence-corrected chi connectivity index (χ0v) is 71.8. The largest absolute Gasteiger partial charge is 0.460 e. The second-order valence-corrected chi connectivity index (χ2v) is 37.2. The molecule has 17 heteroatoms. The molecule has 0 heterocycles. The third-order valence-corrected chi connectivity index (χ3v) is 10.6. The number of rotatable bonds is 18. The van der Waals surface area contributed by atoms with Crippen molar-refractivity contribution in [2.45, 2.75) is 420 Å². The van der Waals surface area contributed by atoms with Crippen molar-refractivity contribution in [1.29, 1.82) is 0 Å². The van der Waals surface area contributed by atoms with Gasteiger partial charge in [-0.2, -0.15) is 0 Å². The maximum atomic E-state index is 11.0. The Morgan fingerprint density at radius 2 is 0.680 bits per heavy atom. The van der Waals surface area contributed by atoms with E-state index in [1.807, 2.05) is 194 Å². The summed E-state index contributed by atoms with van der Waals surface area (Å²) in [6, 6.07) is 0. The van der Waals surface area contributed by atoms with Gasteiger partial charge in [-0.1, -0.05) is 97.9 Å². The number of hydrogen-bond acceptors (Lipinski definition) is 17. The van der Waals surface area contributed by atoms with E-state index >= 15 is 0 Å². The van der Waals surface area contributed by atoms with Crippen LogP contribution in [0.4, 0.5) is 0 Å². The van der Waals surface area contributed by atoms with Crippen molar-refractivity contribution in [1.82, 2.24) is 0 Å². The minimum atomic E-state index is -0.655. The van der Waals surface area contributed by atoms with Crippen LogP contribution in [0.3, 0.4) is 0 Å². The van der Waals surface area contributed by atoms with Crippen molar-refractivity contribution in [2.24, 2.45) is 22.2 Å². The number of carbonyl (C=O) groups is 5. The summed E-state index contributed by atoms with van der Waals surface area (Å²) in [6.07, 6.45) is 1.72. The monoisotopic (exact) mass is 1410 g/mol. The first-order valence-corrected chi connectivity index (χ1v) is 34.3. The summed E-state index contributed by atoms with van der Waals surface area (Å²) < 4.78 is 47.6. The minimum Gasteiger partial charge on any atom is -0.460 e. The molecule has 0 aromatic heterocycles. The molecule has 0 aliphatic carbocycles. The molecule has 0 radical (unpaired) electrons. The van der Waals surface area contributed by atoms with Crippen molar-refractivity contribution >= 4 is 29.1 Å². The number of Topliss-reactive ketones (excluding diaryl/α,β-unsaturated/α-hetero) is 4. The molecule has 0 fully saturated rings. The zero-order valence-electron chi connectivity index (χ0n) is 71.8. The molecule has 3 N–H and O–H groups in total. The standard InChI is InChI=1S/3C9H18O2.C9H20O.2C7H16O2.2C7H14O2.2C7H16O.2CH4/c2*1-7(10)9(5,6)11-8(2,3)4;1-7(2)6-8(10)11-9(3,4)5;1-8(2,3)7-10-9(4,5)6;1-7(2,3)9-6-5-8-4;1-7(2,3)4-6(9)5-8;2*1-6(8)5-9-7(2,3)4;1-6(2,3)7(4,5)8;1-5-6-8-7(2,3)4;;/h2*1-6H3;7H,6H2,1-5H3;7H2,1-6H3;5-6H2,1-4H3;6,8-9H,4-5H2,1-3H3;2*5H2,1-4H3;8H,1-5H3;5-6H2,1-4H3;2*1H4. The van der Waals surface area contributed by atoms with Gasteiger partial charge in [0.2, 0.25) is 0 Å². The summed E-state index contributed by atoms with van der Waals surface area (Å²) in [5.41, 5.74) is -2.68. The summed E-state index contributed by atoms with van der Waals surface area (Å²) >= 11 is 0. The summed E-state index contributed by atoms with van der Waals surface area (Å²) in [7, 11) is 1.67. The number of esters is 1. The molecule has 1 atom stereocenters. The first-order valence-electron chi connectivity index (χ1n) is 34.3. The molecule has 0 rings (SSSR count). The lowest BCUT2D eigenvalue weighted by molar-refractivity contribution is -0.156. The molecule has 0 saturated heterocycles. The molecule has 0 spiro atoms. The molecule has 0 aromatic rings. The quantitative estimate of drug-likeness (QED) is 0.0856. The normalized spacial score (nSPS) is 12.6. The number of aliphatic hydroxyl groups excluding tert-OH is 2. The molecule has 0 aromatic carbocycles. The smallest absolute Gasteiger partial charge is 0.306 e. The van der Waals surface area contributed by atoms with Crippen LogP contribution in [0.5, 0.6) is 0 Å². The maximum absolute atomic E-state index is 11.0. The summed E-state index contributed by atoms with van der Waals surface area (Å²) in [6.45, 7) is 92.6. The van der Waals surface area contributed by atoms with Crippen molar-refractivity contribution < 1.29 is 81.9 Å². The van der Waals surface area contributed by atoms with E-state index in [9.17, 15) is 29.1 Å². The maximum Gasteiger partial charge on any atom is 0.306 e. The van der Waals surface area contributed by atoms with Gasteiger partial charge in [0, 0.05) is 20.1 Å². The van der Waals surface area contributed by atoms with Crippen molar-refractivity contribution in [2.75, 3.05) is 53.4 Å². The van der Waals surface area contributed by atoms with Gasteiger partial charge < -0.3 is 58.0 Å². The van der Waals surface area contributed by atoms with Crippen LogP contribution in [0.2, 0.25) is 0 Å². The zero-order chi connectivity index (χ0) is 79.5. The molecule has 0 saturated carbocycles. The second kappa shape index (κ2) is 54.4. The van der Waals surface area contributed by atoms with Crippen LogP contribution in [0.25, 0.3) is 0 Å². The van der Waals surface area contributed by atoms with Gasteiger partial charge in [-0.25, -0.2) is 0 Å². The first-order chi connectivity index (χ1) is 41.0. The molecule has 0 aliphatic heterocycles. The van der Waals surface area contributed by atoms with Gasteiger partial charge in [-0.3, -0.25) is 24.0 Å². The fourth-order valence-electron chi connectivity index (χ4n) is 5.07. The number of methoxy groups -OCH3 is 1. The Labute approximate surface area is 604 Å². The Morgan fingerprint density at radius 3 is 0.794 bits per heavy atom. The lowest BCUT2D eigenvalue weighted by Crippen LogP contribution is -2.40. The second-order valence-electron chi connectivity index (χ2n) is 37.2. The van der Waals surface area contributed by atoms with Crippen LogP contribution in [0.15, 0.2) is 0 Å². The van der Waals surface area contributed by atoms with Gasteiger partial charge in [0.15, 0.2) is 23.1 Å². The van der Waals surface area contributed by atoms with Crippen LogP contribution in [0, 0.1) is 22.2 Å². The molecule has 0 bridgehead atoms. The van der Waals surface area contributed by atoms with E-state index in [0.717, 1.165) is 19.6 Å². The molecule has 0 amide bonds. The molecule has 596 valence electrons. The molecule has 0 aliphatic rings. The van der Waals surface area contributed by atoms with E-state index in [1.54, 1.807) is 48.7 Å². The fourth-order valence-corrected chi connectivity index (χ4v) is 5.07. The molecule has 17 nitrogen and oxygen atoms in total. The summed E-state index contributed by atoms with van der Waals surface area (Å²) in [5, 5.41) is 26.7. The van der Waals surface area contributed by atoms with Crippen molar-refractivity contribution in [3.8, 4) is 0 Å². The molecule has 97 heavy (non-hydrogen) atoms. The highest BCUT2D eigenvalue weighted by Gasteiger charge is 2.32. The number of ether oxygens (including phenoxy) is 9. The number of hydrogen-bond donors (Lipinski definition) is 3. The van der Waals surface area contributed by atoms with E-state index in [2.05, 4.69) is 69.2 Å². The highest BCUT2D eigenvalue weighted by Crippen LogP contribution is 2.29. The predicted molar refractivity (Wildman–Crippen MR) is 414 cm³/mol. The van der Waals surface area contributed by atoms with E-state index in [0.29, 0.717) is 32.0 Å². The summed E-state index contributed by atoms with van der Waals surface area (Å²) in [5.74, 6) is 0.548. The van der Waals surface area contributed by atoms with E-state index in [4.69, 9.17) is 52.8 Å². The SMILES string of the molecule is C.C.CC(=O)C(C)(C)OC(C)(C)C.CC(=O)C(C)(C)OC(C)(C)C.CC(=O)COC(C)(C)C.CC(=O)COC(C)(C)C.CC(C)(C)C(C)(C)O.CC(C)(C)CC(O)CO.CC(C)(C)COC(C)(C)C.CC(C)CC(=O)OC(C)(C)C.CCCOC(C)(C)C.COCCOC(C)(C)C. The number of aliphatic hydroxyl groups is 3. The lowest BCUT2D eigenvalue weighted by atomic mass is 9.79. The summed E-state index contributed by atoms with van der Waals surface area (Å²) in [4.78, 5) is 53.8. The van der Waals surface area contributed by atoms with Crippen LogP contribution in [0.1, 0.15) is 353 Å². The average Bonchev–Trinajstić information content (AvgIpc) is 0.894. The Bertz CT molecular complexity index is 1810. The van der Waals surface area contributed by atoms with E-state index in [-0.39, 0.29) is 125 Å². The Kier molecular flexibility index (Phi) is 68.2. The first kappa shape index (κ1) is 122. The number of carbonyl (C=O) groups excluding carboxylic acids is 5. The predicted octanol–water partition coefficient (Wildman–Crippen LogP) is 19.9. The molecular formula is C80H174O17. The highest BCUT2D eigenvalue weighted by atomic mass is 16.6. The van der Waals surface area contributed by atoms with E-state index < -0.39 is 22.9 Å². The Morgan fingerprint density at radius 1 is 0.402 bits per heavy atom. The fraction of sp³-hybridized carbons (Fsp3) is 0.938. The topological polar surface area (TPSA) is 229 Å². The molecular weight excluding hydrogens is 1230 g/mol. The van der Waals surface area contributed by atoms with Gasteiger partial charge in [0.1, 0.15) is 30.0 Å². The Balaban J connectivity index is -0.0000000827. The van der Waals surface area contributed by atoms with Gasteiger partial charge in [0.05, 0.1) is 77.3 Å². The highest BCUT2D eigenvalue weighted by molar-refractivity contribution is 5.84. The third-order valence-electron chi connectivity index (χ3n) is 10.6. The van der Waals surface area contributed by atoms with Crippen LogP contribution in [-0.2, 0) is 66.6 Å². The third kappa shape index (κ3) is 134. The van der Waals surface area contributed by atoms with Gasteiger partial charge >= 0.3 is 5.97 Å². The number of ketones is 4. The van der Waals surface area contributed by atoms with Crippen LogP contribution < -0.4 is 0 Å². The van der Waals surface area contributed by atoms with Gasteiger partial charge in [-0.05, 0) is 270 Å². The average molecular weight is 1410 g/mol. The Hall–Kier alpha value is -2.29. The van der Waals surface area contributed by atoms with Gasteiger partial charge in [0.25, 0.3) is 0 Å².